The second-order valence-corrected chi connectivity index (χ2v) is 5.67. The van der Waals surface area contributed by atoms with Crippen LogP contribution in [0.4, 0.5) is 11.5 Å². The van der Waals surface area contributed by atoms with Crippen LogP contribution in [0.2, 0.25) is 5.02 Å². The minimum absolute atomic E-state index is 0.271. The molecule has 8 heteroatoms. The Morgan fingerprint density at radius 3 is 2.96 bits per heavy atom. The Balaban J connectivity index is 1.90. The molecule has 2 heterocycles. The van der Waals surface area contributed by atoms with E-state index in [0.29, 0.717) is 22.2 Å². The number of hydrogen-bond donors (Lipinski definition) is 2. The van der Waals surface area contributed by atoms with Gasteiger partial charge in [-0.05, 0) is 37.3 Å². The molecular formula is C16H14ClN3O4. The molecule has 124 valence electrons. The first kappa shape index (κ1) is 16.1. The van der Waals surface area contributed by atoms with Gasteiger partial charge in [0.05, 0.1) is 12.8 Å². The second-order valence-electron chi connectivity index (χ2n) is 5.24. The first-order chi connectivity index (χ1) is 11.4. The van der Waals surface area contributed by atoms with Gasteiger partial charge < -0.3 is 20.1 Å². The molecule has 24 heavy (non-hydrogen) atoms. The molecule has 0 bridgehead atoms. The van der Waals surface area contributed by atoms with Gasteiger partial charge in [-0.1, -0.05) is 11.6 Å². The fourth-order valence-corrected chi connectivity index (χ4v) is 2.40. The summed E-state index contributed by atoms with van der Waals surface area (Å²) in [5, 5.41) is 5.60. The quantitative estimate of drug-likeness (QED) is 0.832. The summed E-state index contributed by atoms with van der Waals surface area (Å²) in [4.78, 5) is 29.0. The Morgan fingerprint density at radius 2 is 2.21 bits per heavy atom. The van der Waals surface area contributed by atoms with Crippen LogP contribution in [0.25, 0.3) is 0 Å². The van der Waals surface area contributed by atoms with Crippen molar-refractivity contribution in [1.82, 2.24) is 4.98 Å². The van der Waals surface area contributed by atoms with Crippen LogP contribution >= 0.6 is 11.6 Å². The first-order valence-corrected chi connectivity index (χ1v) is 7.42. The minimum atomic E-state index is -1.76. The number of nitrogens with zero attached hydrogens (tertiary/aromatic N) is 1. The number of ether oxygens (including phenoxy) is 2. The van der Waals surface area contributed by atoms with Crippen LogP contribution < -0.4 is 20.1 Å². The monoisotopic (exact) mass is 347 g/mol. The lowest BCUT2D eigenvalue weighted by atomic mass is 10.0. The van der Waals surface area contributed by atoms with E-state index in [1.165, 1.54) is 26.3 Å². The molecule has 1 aliphatic heterocycles. The van der Waals surface area contributed by atoms with Crippen LogP contribution in [0.3, 0.4) is 0 Å². The normalized spacial score (nSPS) is 18.9. The molecule has 1 aromatic heterocycles. The van der Waals surface area contributed by atoms with Crippen molar-refractivity contribution in [2.45, 2.75) is 12.5 Å². The smallest absolute Gasteiger partial charge is 0.279 e. The van der Waals surface area contributed by atoms with E-state index in [1.807, 2.05) is 0 Å². The molecule has 1 aliphatic rings. The second kappa shape index (κ2) is 6.01. The average Bonchev–Trinajstić information content (AvgIpc) is 2.56. The summed E-state index contributed by atoms with van der Waals surface area (Å²) in [6.07, 6.45) is 1.52. The number of nitrogens with one attached hydrogen (secondary N) is 2. The maximum atomic E-state index is 12.7. The largest absolute Gasteiger partial charge is 0.495 e. The molecule has 2 aromatic rings. The third kappa shape index (κ3) is 2.74. The summed E-state index contributed by atoms with van der Waals surface area (Å²) in [7, 11) is 1.46. The lowest BCUT2D eigenvalue weighted by molar-refractivity contribution is -0.143. The molecule has 1 aromatic carbocycles. The highest BCUT2D eigenvalue weighted by Crippen LogP contribution is 2.33. The van der Waals surface area contributed by atoms with E-state index in [1.54, 1.807) is 24.3 Å². The van der Waals surface area contributed by atoms with Crippen molar-refractivity contribution < 1.29 is 19.1 Å². The highest BCUT2D eigenvalue weighted by Gasteiger charge is 2.47. The van der Waals surface area contributed by atoms with Gasteiger partial charge in [0.15, 0.2) is 11.6 Å². The molecule has 0 saturated carbocycles. The number of benzene rings is 1. The Morgan fingerprint density at radius 1 is 1.42 bits per heavy atom. The first-order valence-electron chi connectivity index (χ1n) is 7.04. The predicted molar refractivity (Wildman–Crippen MR) is 88.5 cm³/mol. The molecule has 7 nitrogen and oxygen atoms in total. The SMILES string of the molecule is COc1ccc(Cl)cc1NC(=O)[C@]1(C)Oc2cccnc2NC1=O. The van der Waals surface area contributed by atoms with Crippen LogP contribution in [-0.4, -0.2) is 29.5 Å². The molecule has 0 aliphatic carbocycles. The predicted octanol–water partition coefficient (Wildman–Crippen LogP) is 2.47. The number of fused-ring (bicyclic) bond motifs is 1. The number of aromatic nitrogens is 1. The van der Waals surface area contributed by atoms with Crippen LogP contribution in [0.15, 0.2) is 36.5 Å². The van der Waals surface area contributed by atoms with E-state index >= 15 is 0 Å². The highest BCUT2D eigenvalue weighted by molar-refractivity contribution is 6.31. The number of pyridine rings is 1. The van der Waals surface area contributed by atoms with Crippen molar-refractivity contribution in [3.63, 3.8) is 0 Å². The van der Waals surface area contributed by atoms with Crippen molar-refractivity contribution >= 4 is 34.9 Å². The average molecular weight is 348 g/mol. The van der Waals surface area contributed by atoms with Crippen molar-refractivity contribution in [2.24, 2.45) is 0 Å². The lowest BCUT2D eigenvalue weighted by Crippen LogP contribution is -2.56. The molecule has 1 atom stereocenters. The van der Waals surface area contributed by atoms with Crippen LogP contribution in [0.5, 0.6) is 11.5 Å². The number of rotatable bonds is 3. The van der Waals surface area contributed by atoms with E-state index in [2.05, 4.69) is 15.6 Å². The molecule has 0 radical (unpaired) electrons. The van der Waals surface area contributed by atoms with Gasteiger partial charge in [0.1, 0.15) is 5.75 Å². The van der Waals surface area contributed by atoms with Crippen LogP contribution in [0.1, 0.15) is 6.92 Å². The van der Waals surface area contributed by atoms with Gasteiger partial charge in [-0.2, -0.15) is 0 Å². The molecule has 0 saturated heterocycles. The van der Waals surface area contributed by atoms with Gasteiger partial charge in [0.2, 0.25) is 0 Å². The number of carbonyl (C=O) groups is 2. The minimum Gasteiger partial charge on any atom is -0.495 e. The van der Waals surface area contributed by atoms with Crippen molar-refractivity contribution in [2.75, 3.05) is 17.7 Å². The van der Waals surface area contributed by atoms with Crippen LogP contribution in [-0.2, 0) is 9.59 Å². The van der Waals surface area contributed by atoms with Crippen LogP contribution in [0, 0.1) is 0 Å². The zero-order chi connectivity index (χ0) is 17.3. The van der Waals surface area contributed by atoms with E-state index in [9.17, 15) is 9.59 Å². The Bertz CT molecular complexity index is 827. The third-order valence-electron chi connectivity index (χ3n) is 3.59. The maximum absolute atomic E-state index is 12.7. The summed E-state index contributed by atoms with van der Waals surface area (Å²) in [6.45, 7) is 1.38. The molecule has 0 unspecified atom stereocenters. The maximum Gasteiger partial charge on any atom is 0.279 e. The highest BCUT2D eigenvalue weighted by atomic mass is 35.5. The standard InChI is InChI=1S/C16H14ClN3O4/c1-16(15(22)20-13-12(24-16)4-3-7-18-13)14(21)19-10-8-9(17)5-6-11(10)23-2/h3-8H,1-2H3,(H,19,21)(H,18,20,22)/t16-/m0/s1. The van der Waals surface area contributed by atoms with Gasteiger partial charge >= 0.3 is 0 Å². The Kier molecular flexibility index (Phi) is 4.02. The molecule has 0 spiro atoms. The topological polar surface area (TPSA) is 89.6 Å². The number of amides is 2. The van der Waals surface area contributed by atoms with Gasteiger partial charge in [-0.3, -0.25) is 9.59 Å². The van der Waals surface area contributed by atoms with Gasteiger partial charge in [-0.25, -0.2) is 4.98 Å². The van der Waals surface area contributed by atoms with Gasteiger partial charge in [0.25, 0.3) is 17.4 Å². The number of hydrogen-bond acceptors (Lipinski definition) is 5. The zero-order valence-electron chi connectivity index (χ0n) is 12.9. The van der Waals surface area contributed by atoms with Gasteiger partial charge in [0, 0.05) is 11.2 Å². The number of carbonyl (C=O) groups excluding carboxylic acids is 2. The summed E-state index contributed by atoms with van der Waals surface area (Å²) >= 11 is 5.95. The fourth-order valence-electron chi connectivity index (χ4n) is 2.23. The summed E-state index contributed by atoms with van der Waals surface area (Å²) in [5.41, 5.74) is -1.42. The zero-order valence-corrected chi connectivity index (χ0v) is 13.7. The van der Waals surface area contributed by atoms with Gasteiger partial charge in [-0.15, -0.1) is 0 Å². The molecule has 2 N–H and O–H groups in total. The summed E-state index contributed by atoms with van der Waals surface area (Å²) < 4.78 is 10.8. The molecular weight excluding hydrogens is 334 g/mol. The molecule has 2 amide bonds. The van der Waals surface area contributed by atoms with Crippen molar-refractivity contribution in [3.05, 3.63) is 41.6 Å². The van der Waals surface area contributed by atoms with E-state index < -0.39 is 17.4 Å². The summed E-state index contributed by atoms with van der Waals surface area (Å²) in [6, 6.07) is 8.03. The number of anilines is 2. The summed E-state index contributed by atoms with van der Waals surface area (Å²) in [5.74, 6) is -0.280. The Hall–Kier alpha value is -2.80. The number of methoxy groups -OCH3 is 1. The van der Waals surface area contributed by atoms with E-state index in [4.69, 9.17) is 21.1 Å². The van der Waals surface area contributed by atoms with Crippen molar-refractivity contribution in [1.29, 1.82) is 0 Å². The third-order valence-corrected chi connectivity index (χ3v) is 3.83. The fraction of sp³-hybridized carbons (Fsp3) is 0.188. The van der Waals surface area contributed by atoms with E-state index in [0.717, 1.165) is 0 Å². The molecule has 0 fully saturated rings. The Labute approximate surface area is 142 Å². The van der Waals surface area contributed by atoms with E-state index in [-0.39, 0.29) is 5.82 Å². The number of halogens is 1. The van der Waals surface area contributed by atoms with Crippen molar-refractivity contribution in [3.8, 4) is 11.5 Å². The lowest BCUT2D eigenvalue weighted by Gasteiger charge is -2.32. The molecule has 3 rings (SSSR count).